The zero-order valence-electron chi connectivity index (χ0n) is 9.78. The summed E-state index contributed by atoms with van der Waals surface area (Å²) in [5, 5.41) is 0. The van der Waals surface area contributed by atoms with Crippen LogP contribution in [0.1, 0.15) is 39.5 Å². The van der Waals surface area contributed by atoms with E-state index >= 15 is 0 Å². The topological polar surface area (TPSA) is 46.3 Å². The van der Waals surface area contributed by atoms with Gasteiger partial charge in [0.2, 0.25) is 5.91 Å². The third-order valence-electron chi connectivity index (χ3n) is 4.18. The summed E-state index contributed by atoms with van der Waals surface area (Å²) in [4.78, 5) is 13.6. The molecule has 1 heterocycles. The van der Waals surface area contributed by atoms with Gasteiger partial charge in [-0.15, -0.1) is 0 Å². The molecule has 86 valence electrons. The van der Waals surface area contributed by atoms with Gasteiger partial charge in [0.05, 0.1) is 6.04 Å². The molecule has 0 unspecified atom stereocenters. The van der Waals surface area contributed by atoms with Crippen molar-refractivity contribution in [2.45, 2.75) is 51.6 Å². The largest absolute Gasteiger partial charge is 0.368 e. The predicted octanol–water partition coefficient (Wildman–Crippen LogP) is 1.37. The second-order valence-electron chi connectivity index (χ2n) is 5.43. The molecule has 0 aromatic rings. The predicted molar refractivity (Wildman–Crippen MR) is 60.3 cm³/mol. The van der Waals surface area contributed by atoms with Crippen LogP contribution in [0, 0.1) is 11.8 Å². The van der Waals surface area contributed by atoms with Crippen molar-refractivity contribution in [3.8, 4) is 0 Å². The number of nitrogens with two attached hydrogens (primary N) is 1. The molecule has 0 spiro atoms. The lowest BCUT2D eigenvalue weighted by Gasteiger charge is -2.45. The SMILES string of the molecule is CC(C)[C@H]1C[C@@H](N2CCC[C@H]2C(N)=O)C1. The van der Waals surface area contributed by atoms with Crippen molar-refractivity contribution in [3.05, 3.63) is 0 Å². The summed E-state index contributed by atoms with van der Waals surface area (Å²) in [5.74, 6) is 1.53. The fraction of sp³-hybridized carbons (Fsp3) is 0.917. The van der Waals surface area contributed by atoms with Gasteiger partial charge in [0.25, 0.3) is 0 Å². The van der Waals surface area contributed by atoms with E-state index < -0.39 is 0 Å². The standard InChI is InChI=1S/C12H22N2O/c1-8(2)9-6-10(7-9)14-5-3-4-11(14)12(13)15/h8-11H,3-7H2,1-2H3,(H2,13,15)/t9-,10+,11-/m0/s1. The smallest absolute Gasteiger partial charge is 0.234 e. The summed E-state index contributed by atoms with van der Waals surface area (Å²) in [6, 6.07) is 0.667. The molecule has 1 aliphatic heterocycles. The van der Waals surface area contributed by atoms with E-state index in [1.54, 1.807) is 0 Å². The van der Waals surface area contributed by atoms with Crippen LogP contribution in [0.25, 0.3) is 0 Å². The first kappa shape index (κ1) is 10.9. The highest BCUT2D eigenvalue weighted by molar-refractivity contribution is 5.80. The lowest BCUT2D eigenvalue weighted by molar-refractivity contribution is -0.124. The van der Waals surface area contributed by atoms with Crippen molar-refractivity contribution in [2.75, 3.05) is 6.54 Å². The molecule has 2 aliphatic rings. The van der Waals surface area contributed by atoms with Crippen LogP contribution in [-0.4, -0.2) is 29.4 Å². The third-order valence-corrected chi connectivity index (χ3v) is 4.18. The van der Waals surface area contributed by atoms with Crippen molar-refractivity contribution in [2.24, 2.45) is 17.6 Å². The van der Waals surface area contributed by atoms with Crippen LogP contribution in [0.15, 0.2) is 0 Å². The normalized spacial score (nSPS) is 36.9. The highest BCUT2D eigenvalue weighted by atomic mass is 16.1. The van der Waals surface area contributed by atoms with Gasteiger partial charge >= 0.3 is 0 Å². The van der Waals surface area contributed by atoms with Gasteiger partial charge in [-0.1, -0.05) is 13.8 Å². The quantitative estimate of drug-likeness (QED) is 0.764. The van der Waals surface area contributed by atoms with E-state index in [1.165, 1.54) is 12.8 Å². The van der Waals surface area contributed by atoms with E-state index in [0.717, 1.165) is 31.2 Å². The maximum Gasteiger partial charge on any atom is 0.234 e. The Hall–Kier alpha value is -0.570. The minimum atomic E-state index is -0.125. The van der Waals surface area contributed by atoms with Gasteiger partial charge in [0.15, 0.2) is 0 Å². The maximum atomic E-state index is 11.3. The fourth-order valence-electron chi connectivity index (χ4n) is 2.98. The number of amides is 1. The van der Waals surface area contributed by atoms with E-state index in [-0.39, 0.29) is 11.9 Å². The Morgan fingerprint density at radius 3 is 2.60 bits per heavy atom. The van der Waals surface area contributed by atoms with Crippen LogP contribution in [-0.2, 0) is 4.79 Å². The Labute approximate surface area is 92.0 Å². The molecule has 0 aromatic heterocycles. The first-order chi connectivity index (χ1) is 7.09. The second kappa shape index (κ2) is 4.12. The maximum absolute atomic E-state index is 11.3. The van der Waals surface area contributed by atoms with Gasteiger partial charge in [-0.3, -0.25) is 9.69 Å². The zero-order chi connectivity index (χ0) is 11.0. The Morgan fingerprint density at radius 2 is 2.07 bits per heavy atom. The molecule has 0 radical (unpaired) electrons. The number of hydrogen-bond acceptors (Lipinski definition) is 2. The van der Waals surface area contributed by atoms with E-state index in [9.17, 15) is 4.79 Å². The number of rotatable bonds is 3. The lowest BCUT2D eigenvalue weighted by atomic mass is 9.73. The van der Waals surface area contributed by atoms with Crippen LogP contribution in [0.3, 0.4) is 0 Å². The minimum Gasteiger partial charge on any atom is -0.368 e. The van der Waals surface area contributed by atoms with Gasteiger partial charge in [0, 0.05) is 6.04 Å². The van der Waals surface area contributed by atoms with Gasteiger partial charge in [-0.05, 0) is 44.1 Å². The lowest BCUT2D eigenvalue weighted by Crippen LogP contribution is -2.51. The number of nitrogens with zero attached hydrogens (tertiary/aromatic N) is 1. The molecule has 0 bridgehead atoms. The summed E-state index contributed by atoms with van der Waals surface area (Å²) >= 11 is 0. The molecule has 3 heteroatoms. The Kier molecular flexibility index (Phi) is 3.01. The molecule has 2 rings (SSSR count). The molecule has 2 fully saturated rings. The average molecular weight is 210 g/mol. The highest BCUT2D eigenvalue weighted by Crippen LogP contribution is 2.39. The number of hydrogen-bond donors (Lipinski definition) is 1. The summed E-state index contributed by atoms with van der Waals surface area (Å²) in [6.07, 6.45) is 4.64. The van der Waals surface area contributed by atoms with Crippen LogP contribution in [0.2, 0.25) is 0 Å². The molecule has 1 saturated heterocycles. The van der Waals surface area contributed by atoms with Gasteiger partial charge in [-0.25, -0.2) is 0 Å². The third kappa shape index (κ3) is 2.03. The molecule has 0 aromatic carbocycles. The van der Waals surface area contributed by atoms with E-state index in [2.05, 4.69) is 18.7 Å². The molecule has 1 atom stereocenters. The molecular formula is C12H22N2O. The Morgan fingerprint density at radius 1 is 1.40 bits per heavy atom. The van der Waals surface area contributed by atoms with Crippen LogP contribution in [0.4, 0.5) is 0 Å². The number of likely N-dealkylation sites (tertiary alicyclic amines) is 1. The van der Waals surface area contributed by atoms with Crippen molar-refractivity contribution >= 4 is 5.91 Å². The molecular weight excluding hydrogens is 188 g/mol. The van der Waals surface area contributed by atoms with Crippen molar-refractivity contribution < 1.29 is 4.79 Å². The van der Waals surface area contributed by atoms with Crippen LogP contribution in [0.5, 0.6) is 0 Å². The van der Waals surface area contributed by atoms with Crippen LogP contribution < -0.4 is 5.73 Å². The summed E-state index contributed by atoms with van der Waals surface area (Å²) < 4.78 is 0. The van der Waals surface area contributed by atoms with Crippen molar-refractivity contribution in [3.63, 3.8) is 0 Å². The van der Waals surface area contributed by atoms with E-state index in [1.807, 2.05) is 0 Å². The van der Waals surface area contributed by atoms with E-state index in [0.29, 0.717) is 6.04 Å². The van der Waals surface area contributed by atoms with Gasteiger partial charge in [-0.2, -0.15) is 0 Å². The average Bonchev–Trinajstić information content (AvgIpc) is 2.48. The van der Waals surface area contributed by atoms with Gasteiger partial charge < -0.3 is 5.73 Å². The number of carbonyl (C=O) groups excluding carboxylic acids is 1. The molecule has 2 N–H and O–H groups in total. The number of carbonyl (C=O) groups is 1. The summed E-state index contributed by atoms with van der Waals surface area (Å²) in [5.41, 5.74) is 5.42. The molecule has 1 aliphatic carbocycles. The van der Waals surface area contributed by atoms with Crippen molar-refractivity contribution in [1.82, 2.24) is 4.90 Å². The summed E-state index contributed by atoms with van der Waals surface area (Å²) in [7, 11) is 0. The molecule has 1 saturated carbocycles. The van der Waals surface area contributed by atoms with E-state index in [4.69, 9.17) is 5.73 Å². The highest BCUT2D eigenvalue weighted by Gasteiger charge is 2.41. The molecule has 15 heavy (non-hydrogen) atoms. The number of primary amides is 1. The summed E-state index contributed by atoms with van der Waals surface area (Å²) in [6.45, 7) is 5.65. The molecule has 3 nitrogen and oxygen atoms in total. The first-order valence-electron chi connectivity index (χ1n) is 6.14. The Balaban J connectivity index is 1.88. The minimum absolute atomic E-state index is 0.0307. The second-order valence-corrected chi connectivity index (χ2v) is 5.43. The van der Waals surface area contributed by atoms with Crippen LogP contribution >= 0.6 is 0 Å². The zero-order valence-corrected chi connectivity index (χ0v) is 9.78. The first-order valence-corrected chi connectivity index (χ1v) is 6.14. The monoisotopic (exact) mass is 210 g/mol. The van der Waals surface area contributed by atoms with Crippen molar-refractivity contribution in [1.29, 1.82) is 0 Å². The Bertz CT molecular complexity index is 246. The fourth-order valence-corrected chi connectivity index (χ4v) is 2.98. The van der Waals surface area contributed by atoms with Gasteiger partial charge in [0.1, 0.15) is 0 Å². The molecule has 1 amide bonds.